The highest BCUT2D eigenvalue weighted by atomic mass is 16.6. The summed E-state index contributed by atoms with van der Waals surface area (Å²) >= 11 is 0. The van der Waals surface area contributed by atoms with E-state index in [2.05, 4.69) is 11.9 Å². The second-order valence-electron chi connectivity index (χ2n) is 8.78. The van der Waals surface area contributed by atoms with Crippen LogP contribution < -0.4 is 14.8 Å². The molecule has 9 nitrogen and oxygen atoms in total. The van der Waals surface area contributed by atoms with Gasteiger partial charge in [0.1, 0.15) is 12.3 Å². The van der Waals surface area contributed by atoms with Gasteiger partial charge in [-0.25, -0.2) is 4.79 Å². The Balaban J connectivity index is 1.57. The van der Waals surface area contributed by atoms with Crippen LogP contribution in [-0.4, -0.2) is 28.9 Å². The number of urea groups is 1. The number of amides is 3. The zero-order chi connectivity index (χ0) is 27.2. The van der Waals surface area contributed by atoms with E-state index in [4.69, 9.17) is 9.47 Å². The van der Waals surface area contributed by atoms with Gasteiger partial charge in [-0.3, -0.25) is 19.8 Å². The first-order valence-electron chi connectivity index (χ1n) is 11.9. The van der Waals surface area contributed by atoms with Crippen molar-refractivity contribution in [3.05, 3.63) is 117 Å². The van der Waals surface area contributed by atoms with E-state index in [-0.39, 0.29) is 24.5 Å². The number of rotatable bonds is 10. The second-order valence-corrected chi connectivity index (χ2v) is 8.78. The summed E-state index contributed by atoms with van der Waals surface area (Å²) in [4.78, 5) is 37.2. The Morgan fingerprint density at radius 2 is 1.84 bits per heavy atom. The van der Waals surface area contributed by atoms with Crippen molar-refractivity contribution in [2.24, 2.45) is 0 Å². The Bertz CT molecular complexity index is 1430. The Morgan fingerprint density at radius 3 is 2.50 bits per heavy atom. The van der Waals surface area contributed by atoms with Crippen molar-refractivity contribution in [1.82, 2.24) is 10.2 Å². The van der Waals surface area contributed by atoms with Crippen molar-refractivity contribution in [2.75, 3.05) is 7.11 Å². The van der Waals surface area contributed by atoms with Crippen LogP contribution in [0.25, 0.3) is 6.08 Å². The minimum absolute atomic E-state index is 0.00191. The summed E-state index contributed by atoms with van der Waals surface area (Å²) in [6.07, 6.45) is 3.78. The molecular formula is C29H27N3O6. The molecule has 1 aliphatic heterocycles. The number of imide groups is 1. The molecule has 1 saturated heterocycles. The molecule has 38 heavy (non-hydrogen) atoms. The van der Waals surface area contributed by atoms with E-state index < -0.39 is 16.9 Å². The number of ether oxygens (including phenoxy) is 2. The number of hydrogen-bond donors (Lipinski definition) is 1. The van der Waals surface area contributed by atoms with E-state index in [9.17, 15) is 19.7 Å². The first-order chi connectivity index (χ1) is 18.3. The molecule has 3 aromatic carbocycles. The number of methoxy groups -OCH3 is 1. The molecular weight excluding hydrogens is 486 g/mol. The Morgan fingerprint density at radius 1 is 1.08 bits per heavy atom. The average molecular weight is 514 g/mol. The number of nitrogens with zero attached hydrogens (tertiary/aromatic N) is 2. The fraction of sp³-hybridized carbons (Fsp3) is 0.172. The summed E-state index contributed by atoms with van der Waals surface area (Å²) in [5.41, 5.74) is 4.23. The fourth-order valence-corrected chi connectivity index (χ4v) is 4.13. The molecule has 0 saturated carbocycles. The summed E-state index contributed by atoms with van der Waals surface area (Å²) in [5.74, 6) is 0.515. The van der Waals surface area contributed by atoms with E-state index in [0.29, 0.717) is 23.5 Å². The fourth-order valence-electron chi connectivity index (χ4n) is 4.13. The van der Waals surface area contributed by atoms with Crippen LogP contribution in [0.1, 0.15) is 27.8 Å². The lowest BCUT2D eigenvalue weighted by molar-refractivity contribution is -0.384. The number of nitro groups is 1. The summed E-state index contributed by atoms with van der Waals surface area (Å²) < 4.78 is 11.6. The predicted octanol–water partition coefficient (Wildman–Crippen LogP) is 5.31. The van der Waals surface area contributed by atoms with Gasteiger partial charge in [0, 0.05) is 17.7 Å². The number of nitro benzene ring substituents is 1. The molecule has 3 amide bonds. The topological polar surface area (TPSA) is 111 Å². The number of carbonyl (C=O) groups excluding carboxylic acids is 2. The lowest BCUT2D eigenvalue weighted by Crippen LogP contribution is -2.30. The van der Waals surface area contributed by atoms with Crippen molar-refractivity contribution in [1.29, 1.82) is 0 Å². The molecule has 0 atom stereocenters. The molecule has 0 unspecified atom stereocenters. The van der Waals surface area contributed by atoms with Crippen molar-refractivity contribution in [3.63, 3.8) is 0 Å². The highest BCUT2D eigenvalue weighted by Crippen LogP contribution is 2.35. The van der Waals surface area contributed by atoms with Crippen molar-refractivity contribution >= 4 is 23.7 Å². The van der Waals surface area contributed by atoms with E-state index in [1.807, 2.05) is 37.3 Å². The lowest BCUT2D eigenvalue weighted by Gasteiger charge is -2.16. The molecule has 194 valence electrons. The summed E-state index contributed by atoms with van der Waals surface area (Å²) in [5, 5.41) is 13.6. The number of hydrogen-bond acceptors (Lipinski definition) is 6. The minimum Gasteiger partial charge on any atom is -0.493 e. The molecule has 1 aliphatic rings. The van der Waals surface area contributed by atoms with E-state index in [0.717, 1.165) is 22.3 Å². The predicted molar refractivity (Wildman–Crippen MR) is 143 cm³/mol. The zero-order valence-corrected chi connectivity index (χ0v) is 21.1. The SMILES string of the molecule is C=CCc1cc(/C=C2/NC(=O)N(Cc3cccc(C)c3)C2=O)cc(OC)c1OCc1ccc([N+](=O)[O-])cc1. The summed E-state index contributed by atoms with van der Waals surface area (Å²) in [6, 6.07) is 16.8. The monoisotopic (exact) mass is 513 g/mol. The third-order valence-electron chi connectivity index (χ3n) is 5.97. The number of benzene rings is 3. The van der Waals surface area contributed by atoms with Gasteiger partial charge in [-0.1, -0.05) is 35.9 Å². The van der Waals surface area contributed by atoms with Crippen molar-refractivity contribution in [2.45, 2.75) is 26.5 Å². The smallest absolute Gasteiger partial charge is 0.329 e. The van der Waals surface area contributed by atoms with Gasteiger partial charge < -0.3 is 14.8 Å². The van der Waals surface area contributed by atoms with Gasteiger partial charge in [-0.05, 0) is 60.4 Å². The van der Waals surface area contributed by atoms with Gasteiger partial charge in [0.05, 0.1) is 18.6 Å². The zero-order valence-electron chi connectivity index (χ0n) is 21.1. The third kappa shape index (κ3) is 5.89. The normalized spacial score (nSPS) is 13.9. The number of allylic oxidation sites excluding steroid dienone is 1. The molecule has 1 N–H and O–H groups in total. The maximum absolute atomic E-state index is 13.0. The molecule has 3 aromatic rings. The Kier molecular flexibility index (Phi) is 7.86. The van der Waals surface area contributed by atoms with Crippen LogP contribution in [0.4, 0.5) is 10.5 Å². The lowest BCUT2D eigenvalue weighted by atomic mass is 10.0. The quantitative estimate of drug-likeness (QED) is 0.129. The maximum Gasteiger partial charge on any atom is 0.329 e. The van der Waals surface area contributed by atoms with Crippen LogP contribution in [0, 0.1) is 17.0 Å². The van der Waals surface area contributed by atoms with E-state index in [1.54, 1.807) is 30.4 Å². The van der Waals surface area contributed by atoms with E-state index >= 15 is 0 Å². The Labute approximate surface area is 220 Å². The second kappa shape index (κ2) is 11.4. The van der Waals surface area contributed by atoms with Crippen LogP contribution >= 0.6 is 0 Å². The largest absolute Gasteiger partial charge is 0.493 e. The highest BCUT2D eigenvalue weighted by Gasteiger charge is 2.33. The average Bonchev–Trinajstić information content (AvgIpc) is 3.15. The summed E-state index contributed by atoms with van der Waals surface area (Å²) in [7, 11) is 1.51. The number of nitrogens with one attached hydrogen (secondary N) is 1. The maximum atomic E-state index is 13.0. The van der Waals surface area contributed by atoms with Gasteiger partial charge in [-0.15, -0.1) is 6.58 Å². The van der Waals surface area contributed by atoms with Gasteiger partial charge in [-0.2, -0.15) is 0 Å². The molecule has 0 spiro atoms. The van der Waals surface area contributed by atoms with Crippen LogP contribution in [0.5, 0.6) is 11.5 Å². The molecule has 0 radical (unpaired) electrons. The molecule has 1 fully saturated rings. The van der Waals surface area contributed by atoms with Crippen molar-refractivity contribution in [3.8, 4) is 11.5 Å². The standard InChI is InChI=1S/C29H27N3O6/c1-4-6-23-14-22(15-25-28(33)31(29(34)30-25)17-21-8-5-7-19(2)13-21)16-26(37-3)27(23)38-18-20-9-11-24(12-10-20)32(35)36/h4-5,7-16H,1,6,17-18H2,2-3H3,(H,30,34)/b25-15+. The van der Waals surface area contributed by atoms with Gasteiger partial charge >= 0.3 is 6.03 Å². The van der Waals surface area contributed by atoms with Gasteiger partial charge in [0.15, 0.2) is 11.5 Å². The molecule has 1 heterocycles. The van der Waals surface area contributed by atoms with Crippen LogP contribution in [0.2, 0.25) is 0 Å². The molecule has 4 rings (SSSR count). The summed E-state index contributed by atoms with van der Waals surface area (Å²) in [6.45, 7) is 6.11. The highest BCUT2D eigenvalue weighted by molar-refractivity contribution is 6.13. The van der Waals surface area contributed by atoms with Crippen LogP contribution in [-0.2, 0) is 24.4 Å². The first kappa shape index (κ1) is 26.2. The molecule has 0 aromatic heterocycles. The minimum atomic E-state index is -0.482. The third-order valence-corrected chi connectivity index (χ3v) is 5.97. The molecule has 9 heteroatoms. The van der Waals surface area contributed by atoms with Gasteiger partial charge in [0.25, 0.3) is 11.6 Å². The van der Waals surface area contributed by atoms with Crippen LogP contribution in [0.15, 0.2) is 79.0 Å². The molecule has 0 aliphatic carbocycles. The number of non-ortho nitro benzene ring substituents is 1. The van der Waals surface area contributed by atoms with E-state index in [1.165, 1.54) is 24.1 Å². The Hall–Kier alpha value is -4.92. The van der Waals surface area contributed by atoms with Gasteiger partial charge in [0.2, 0.25) is 0 Å². The number of aryl methyl sites for hydroxylation is 1. The van der Waals surface area contributed by atoms with Crippen LogP contribution in [0.3, 0.4) is 0 Å². The first-order valence-corrected chi connectivity index (χ1v) is 11.9. The van der Waals surface area contributed by atoms with Crippen molar-refractivity contribution < 1.29 is 24.0 Å². The number of carbonyl (C=O) groups is 2. The molecule has 0 bridgehead atoms.